The second-order valence-electron chi connectivity index (χ2n) is 3.82. The van der Waals surface area contributed by atoms with E-state index in [0.29, 0.717) is 33.7 Å². The molecule has 2 aromatic rings. The molecule has 0 aliphatic carbocycles. The van der Waals surface area contributed by atoms with Gasteiger partial charge in [-0.3, -0.25) is 0 Å². The van der Waals surface area contributed by atoms with Crippen LogP contribution in [0.3, 0.4) is 0 Å². The van der Waals surface area contributed by atoms with E-state index < -0.39 is 0 Å². The number of nitrogens with two attached hydrogens (primary N) is 1. The Morgan fingerprint density at radius 3 is 2.47 bits per heavy atom. The van der Waals surface area contributed by atoms with Crippen LogP contribution in [0.5, 0.6) is 11.5 Å². The van der Waals surface area contributed by atoms with Gasteiger partial charge in [0.05, 0.1) is 10.6 Å². The molecule has 0 saturated heterocycles. The van der Waals surface area contributed by atoms with E-state index in [9.17, 15) is 0 Å². The van der Waals surface area contributed by atoms with Gasteiger partial charge < -0.3 is 10.5 Å². The first-order chi connectivity index (χ1) is 9.13. The molecule has 5 heteroatoms. The Morgan fingerprint density at radius 2 is 1.84 bits per heavy atom. The number of rotatable bonds is 3. The Balaban J connectivity index is 2.35. The summed E-state index contributed by atoms with van der Waals surface area (Å²) in [6, 6.07) is 12.2. The topological polar surface area (TPSA) is 59.0 Å². The second-order valence-corrected chi connectivity index (χ2v) is 4.67. The molecule has 0 aliphatic rings. The third-order valence-electron chi connectivity index (χ3n) is 2.51. The number of hydrogen-bond acceptors (Lipinski definition) is 3. The van der Waals surface area contributed by atoms with E-state index in [1.54, 1.807) is 36.4 Å². The van der Waals surface area contributed by atoms with Crippen LogP contribution in [0.25, 0.3) is 0 Å². The standard InChI is InChI=1S/C14H10Cl2N2O/c15-11-2-4-14(12(16)6-11)19-13-3-1-9(7-17)5-10(13)8-18/h1-6H,7,17H2. The van der Waals surface area contributed by atoms with Crippen molar-refractivity contribution in [3.8, 4) is 17.6 Å². The molecule has 0 heterocycles. The number of ether oxygens (including phenoxy) is 1. The number of nitriles is 1. The summed E-state index contributed by atoms with van der Waals surface area (Å²) in [7, 11) is 0. The Bertz CT molecular complexity index is 650. The molecule has 0 amide bonds. The SMILES string of the molecule is N#Cc1cc(CN)ccc1Oc1ccc(Cl)cc1Cl. The molecule has 0 spiro atoms. The smallest absolute Gasteiger partial charge is 0.146 e. The third kappa shape index (κ3) is 3.18. The lowest BCUT2D eigenvalue weighted by molar-refractivity contribution is 0.481. The molecule has 0 radical (unpaired) electrons. The molecular weight excluding hydrogens is 283 g/mol. The zero-order valence-electron chi connectivity index (χ0n) is 9.86. The number of halogens is 2. The van der Waals surface area contributed by atoms with Crippen LogP contribution < -0.4 is 10.5 Å². The van der Waals surface area contributed by atoms with Gasteiger partial charge in [-0.25, -0.2) is 0 Å². The quantitative estimate of drug-likeness (QED) is 0.926. The summed E-state index contributed by atoms with van der Waals surface area (Å²) in [5.74, 6) is 0.881. The molecule has 0 unspecified atom stereocenters. The molecule has 0 saturated carbocycles. The van der Waals surface area contributed by atoms with Crippen molar-refractivity contribution in [2.45, 2.75) is 6.54 Å². The largest absolute Gasteiger partial charge is 0.454 e. The molecule has 0 aliphatic heterocycles. The maximum Gasteiger partial charge on any atom is 0.146 e. The van der Waals surface area contributed by atoms with Crippen LogP contribution >= 0.6 is 23.2 Å². The van der Waals surface area contributed by atoms with Gasteiger partial charge in [-0.1, -0.05) is 29.3 Å². The molecule has 2 rings (SSSR count). The lowest BCUT2D eigenvalue weighted by Gasteiger charge is -2.10. The number of hydrogen-bond donors (Lipinski definition) is 1. The number of nitrogens with zero attached hydrogens (tertiary/aromatic N) is 1. The van der Waals surface area contributed by atoms with Gasteiger partial charge in [-0.15, -0.1) is 0 Å². The maximum atomic E-state index is 9.10. The molecule has 3 nitrogen and oxygen atoms in total. The highest BCUT2D eigenvalue weighted by molar-refractivity contribution is 6.35. The highest BCUT2D eigenvalue weighted by Crippen LogP contribution is 2.33. The van der Waals surface area contributed by atoms with E-state index in [-0.39, 0.29) is 0 Å². The predicted molar refractivity (Wildman–Crippen MR) is 75.6 cm³/mol. The van der Waals surface area contributed by atoms with Crippen LogP contribution in [0.15, 0.2) is 36.4 Å². The first kappa shape index (κ1) is 13.7. The average Bonchev–Trinajstić information content (AvgIpc) is 2.42. The van der Waals surface area contributed by atoms with Gasteiger partial charge in [0.2, 0.25) is 0 Å². The molecule has 2 aromatic carbocycles. The second kappa shape index (κ2) is 5.94. The molecule has 0 aromatic heterocycles. The molecule has 0 atom stereocenters. The Labute approximate surface area is 121 Å². The zero-order chi connectivity index (χ0) is 13.8. The van der Waals surface area contributed by atoms with Crippen molar-refractivity contribution in [2.75, 3.05) is 0 Å². The number of benzene rings is 2. The van der Waals surface area contributed by atoms with E-state index >= 15 is 0 Å². The van der Waals surface area contributed by atoms with Crippen LogP contribution in [0.1, 0.15) is 11.1 Å². The van der Waals surface area contributed by atoms with Crippen molar-refractivity contribution in [2.24, 2.45) is 5.73 Å². The van der Waals surface area contributed by atoms with Crippen LogP contribution in [0.2, 0.25) is 10.0 Å². The summed E-state index contributed by atoms with van der Waals surface area (Å²) < 4.78 is 5.63. The Kier molecular flexibility index (Phi) is 4.28. The van der Waals surface area contributed by atoms with Gasteiger partial charge in [-0.05, 0) is 35.9 Å². The van der Waals surface area contributed by atoms with Crippen molar-refractivity contribution in [1.82, 2.24) is 0 Å². The summed E-state index contributed by atoms with van der Waals surface area (Å²) >= 11 is 11.8. The lowest BCUT2D eigenvalue weighted by atomic mass is 10.1. The molecule has 0 bridgehead atoms. The fourth-order valence-electron chi connectivity index (χ4n) is 1.56. The highest BCUT2D eigenvalue weighted by Gasteiger charge is 2.08. The summed E-state index contributed by atoms with van der Waals surface area (Å²) in [5.41, 5.74) is 6.81. The molecule has 96 valence electrons. The monoisotopic (exact) mass is 292 g/mol. The van der Waals surface area contributed by atoms with Gasteiger partial charge in [0.15, 0.2) is 0 Å². The summed E-state index contributed by atoms with van der Waals surface area (Å²) in [6.45, 7) is 0.372. The summed E-state index contributed by atoms with van der Waals surface area (Å²) in [6.07, 6.45) is 0. The van der Waals surface area contributed by atoms with E-state index in [0.717, 1.165) is 5.56 Å². The van der Waals surface area contributed by atoms with Crippen molar-refractivity contribution >= 4 is 23.2 Å². The van der Waals surface area contributed by atoms with Crippen molar-refractivity contribution in [3.05, 3.63) is 57.6 Å². The molecule has 2 N–H and O–H groups in total. The minimum absolute atomic E-state index is 0.372. The van der Waals surface area contributed by atoms with Gasteiger partial charge in [-0.2, -0.15) is 5.26 Å². The predicted octanol–water partition coefficient (Wildman–Crippen LogP) is 4.12. The van der Waals surface area contributed by atoms with Gasteiger partial charge in [0.1, 0.15) is 17.6 Å². The first-order valence-corrected chi connectivity index (χ1v) is 6.25. The Hall–Kier alpha value is -1.73. The minimum Gasteiger partial charge on any atom is -0.454 e. The van der Waals surface area contributed by atoms with Gasteiger partial charge in [0, 0.05) is 11.6 Å². The van der Waals surface area contributed by atoms with Crippen LogP contribution in [0.4, 0.5) is 0 Å². The van der Waals surface area contributed by atoms with Crippen LogP contribution in [-0.4, -0.2) is 0 Å². The van der Waals surface area contributed by atoms with E-state index in [1.807, 2.05) is 0 Å². The highest BCUT2D eigenvalue weighted by atomic mass is 35.5. The van der Waals surface area contributed by atoms with Crippen LogP contribution in [-0.2, 0) is 6.54 Å². The fraction of sp³-hybridized carbons (Fsp3) is 0.0714. The lowest BCUT2D eigenvalue weighted by Crippen LogP contribution is -1.97. The summed E-state index contributed by atoms with van der Waals surface area (Å²) in [4.78, 5) is 0. The van der Waals surface area contributed by atoms with Crippen LogP contribution in [0, 0.1) is 11.3 Å². The van der Waals surface area contributed by atoms with E-state index in [1.165, 1.54) is 0 Å². The normalized spacial score (nSPS) is 10.0. The molecular formula is C14H10Cl2N2O. The van der Waals surface area contributed by atoms with Gasteiger partial charge >= 0.3 is 0 Å². The molecule has 19 heavy (non-hydrogen) atoms. The van der Waals surface area contributed by atoms with Gasteiger partial charge in [0.25, 0.3) is 0 Å². The van der Waals surface area contributed by atoms with E-state index in [2.05, 4.69) is 6.07 Å². The fourth-order valence-corrected chi connectivity index (χ4v) is 2.00. The van der Waals surface area contributed by atoms with Crippen molar-refractivity contribution in [1.29, 1.82) is 5.26 Å². The molecule has 0 fully saturated rings. The third-order valence-corrected chi connectivity index (χ3v) is 3.04. The Morgan fingerprint density at radius 1 is 1.11 bits per heavy atom. The maximum absolute atomic E-state index is 9.10. The average molecular weight is 293 g/mol. The van der Waals surface area contributed by atoms with Crippen molar-refractivity contribution in [3.63, 3.8) is 0 Å². The first-order valence-electron chi connectivity index (χ1n) is 5.50. The van der Waals surface area contributed by atoms with E-state index in [4.69, 9.17) is 38.9 Å². The van der Waals surface area contributed by atoms with Crippen molar-refractivity contribution < 1.29 is 4.74 Å². The summed E-state index contributed by atoms with van der Waals surface area (Å²) in [5, 5.41) is 10.0. The minimum atomic E-state index is 0.372. The zero-order valence-corrected chi connectivity index (χ0v) is 11.4.